The van der Waals surface area contributed by atoms with Gasteiger partial charge in [-0.3, -0.25) is 0 Å². The third kappa shape index (κ3) is 7.52. The number of ether oxygens (including phenoxy) is 2. The van der Waals surface area contributed by atoms with E-state index in [0.29, 0.717) is 24.7 Å². The predicted octanol–water partition coefficient (Wildman–Crippen LogP) is 8.01. The minimum Gasteiger partial charge on any atom is -0.493 e. The molecule has 1 atom stereocenters. The van der Waals surface area contributed by atoms with Gasteiger partial charge in [0.2, 0.25) is 0 Å². The topological polar surface area (TPSA) is 48.7 Å². The zero-order valence-corrected chi connectivity index (χ0v) is 21.2. The van der Waals surface area contributed by atoms with Crippen LogP contribution >= 0.6 is 0 Å². The SMILES string of the molecule is CCCCCCCCOc1cc(OCCCCCCC)cc2oc(=O)c3c(c12)CC(C)CC3. The highest BCUT2D eigenvalue weighted by Gasteiger charge is 2.24. The van der Waals surface area contributed by atoms with Crippen LogP contribution in [0.1, 0.15) is 109 Å². The Balaban J connectivity index is 1.77. The average Bonchev–Trinajstić information content (AvgIpc) is 2.80. The van der Waals surface area contributed by atoms with Gasteiger partial charge in [-0.05, 0) is 43.6 Å². The van der Waals surface area contributed by atoms with Crippen molar-refractivity contribution in [2.45, 2.75) is 111 Å². The molecule has 1 unspecified atom stereocenters. The molecular weight excluding hydrogens is 412 g/mol. The maximum atomic E-state index is 12.7. The van der Waals surface area contributed by atoms with Gasteiger partial charge in [0, 0.05) is 17.7 Å². The summed E-state index contributed by atoms with van der Waals surface area (Å²) in [7, 11) is 0. The van der Waals surface area contributed by atoms with E-state index in [0.717, 1.165) is 60.1 Å². The predicted molar refractivity (Wildman–Crippen MR) is 137 cm³/mol. The van der Waals surface area contributed by atoms with Gasteiger partial charge in [-0.25, -0.2) is 4.79 Å². The molecule has 0 radical (unpaired) electrons. The van der Waals surface area contributed by atoms with Gasteiger partial charge in [0.25, 0.3) is 0 Å². The number of unbranched alkanes of at least 4 members (excludes halogenated alkanes) is 9. The molecule has 3 rings (SSSR count). The molecular formula is C29H44O4. The molecule has 0 fully saturated rings. The summed E-state index contributed by atoms with van der Waals surface area (Å²) in [6.45, 7) is 8.10. The Bertz CT molecular complexity index is 914. The molecule has 0 N–H and O–H groups in total. The van der Waals surface area contributed by atoms with E-state index < -0.39 is 0 Å². The molecule has 0 saturated heterocycles. The molecule has 1 aliphatic carbocycles. The van der Waals surface area contributed by atoms with E-state index in [4.69, 9.17) is 13.9 Å². The van der Waals surface area contributed by atoms with Crippen molar-refractivity contribution in [3.63, 3.8) is 0 Å². The lowest BCUT2D eigenvalue weighted by Crippen LogP contribution is -2.20. The maximum absolute atomic E-state index is 12.7. The lowest BCUT2D eigenvalue weighted by molar-refractivity contribution is 0.291. The normalized spacial score (nSPS) is 15.5. The zero-order valence-electron chi connectivity index (χ0n) is 21.2. The summed E-state index contributed by atoms with van der Waals surface area (Å²) in [4.78, 5) is 12.7. The zero-order chi connectivity index (χ0) is 23.5. The van der Waals surface area contributed by atoms with Gasteiger partial charge < -0.3 is 13.9 Å². The summed E-state index contributed by atoms with van der Waals surface area (Å²) in [6.07, 6.45) is 16.1. The molecule has 1 aromatic heterocycles. The Labute approximate surface area is 200 Å². The second-order valence-electron chi connectivity index (χ2n) is 9.87. The first-order valence-electron chi connectivity index (χ1n) is 13.5. The van der Waals surface area contributed by atoms with Crippen molar-refractivity contribution in [1.82, 2.24) is 0 Å². The van der Waals surface area contributed by atoms with Crippen LogP contribution in [0, 0.1) is 5.92 Å². The molecule has 33 heavy (non-hydrogen) atoms. The van der Waals surface area contributed by atoms with Gasteiger partial charge in [-0.2, -0.15) is 0 Å². The van der Waals surface area contributed by atoms with Crippen LogP contribution in [0.2, 0.25) is 0 Å². The Morgan fingerprint density at radius 2 is 1.48 bits per heavy atom. The van der Waals surface area contributed by atoms with E-state index in [9.17, 15) is 4.79 Å². The van der Waals surface area contributed by atoms with Crippen LogP contribution < -0.4 is 15.1 Å². The van der Waals surface area contributed by atoms with Crippen LogP contribution in [-0.4, -0.2) is 13.2 Å². The van der Waals surface area contributed by atoms with Crippen LogP contribution in [0.4, 0.5) is 0 Å². The first kappa shape index (κ1) is 25.6. The third-order valence-electron chi connectivity index (χ3n) is 6.87. The monoisotopic (exact) mass is 456 g/mol. The smallest absolute Gasteiger partial charge is 0.339 e. The molecule has 1 heterocycles. The first-order chi connectivity index (χ1) is 16.1. The summed E-state index contributed by atoms with van der Waals surface area (Å²) in [5.41, 5.74) is 2.39. The summed E-state index contributed by atoms with van der Waals surface area (Å²) in [5.74, 6) is 2.12. The highest BCUT2D eigenvalue weighted by Crippen LogP contribution is 2.38. The standard InChI is InChI=1S/C29H44O4/c1-4-6-8-10-12-14-18-32-26-20-23(31-17-13-11-9-7-5-2)21-27-28(26)25-19-22(3)15-16-24(25)29(30)33-27/h20-22H,4-19H2,1-3H3. The average molecular weight is 457 g/mol. The number of hydrogen-bond acceptors (Lipinski definition) is 4. The Kier molecular flexibility index (Phi) is 10.6. The molecule has 184 valence electrons. The highest BCUT2D eigenvalue weighted by molar-refractivity contribution is 5.89. The van der Waals surface area contributed by atoms with Crippen LogP contribution in [0.25, 0.3) is 11.0 Å². The van der Waals surface area contributed by atoms with E-state index in [1.807, 2.05) is 12.1 Å². The van der Waals surface area contributed by atoms with E-state index >= 15 is 0 Å². The van der Waals surface area contributed by atoms with Crippen LogP contribution in [0.3, 0.4) is 0 Å². The summed E-state index contributed by atoms with van der Waals surface area (Å²) < 4.78 is 18.2. The van der Waals surface area contributed by atoms with Crippen molar-refractivity contribution in [2.24, 2.45) is 5.92 Å². The minimum atomic E-state index is -0.192. The van der Waals surface area contributed by atoms with Crippen LogP contribution in [0.5, 0.6) is 11.5 Å². The van der Waals surface area contributed by atoms with Crippen molar-refractivity contribution < 1.29 is 13.9 Å². The molecule has 4 nitrogen and oxygen atoms in total. The van der Waals surface area contributed by atoms with E-state index in [1.54, 1.807) is 0 Å². The quantitative estimate of drug-likeness (QED) is 0.201. The Morgan fingerprint density at radius 3 is 2.18 bits per heavy atom. The van der Waals surface area contributed by atoms with E-state index in [1.165, 1.54) is 57.8 Å². The summed E-state index contributed by atoms with van der Waals surface area (Å²) >= 11 is 0. The van der Waals surface area contributed by atoms with Crippen molar-refractivity contribution in [1.29, 1.82) is 0 Å². The third-order valence-corrected chi connectivity index (χ3v) is 6.87. The molecule has 1 aliphatic rings. The Morgan fingerprint density at radius 1 is 0.848 bits per heavy atom. The molecule has 0 saturated carbocycles. The van der Waals surface area contributed by atoms with Crippen molar-refractivity contribution in [3.8, 4) is 11.5 Å². The summed E-state index contributed by atoms with van der Waals surface area (Å²) in [5, 5.41) is 0.984. The number of fused-ring (bicyclic) bond motifs is 3. The molecule has 2 aromatic rings. The molecule has 0 amide bonds. The summed E-state index contributed by atoms with van der Waals surface area (Å²) in [6, 6.07) is 3.91. The molecule has 1 aromatic carbocycles. The van der Waals surface area contributed by atoms with Gasteiger partial charge >= 0.3 is 5.63 Å². The highest BCUT2D eigenvalue weighted by atomic mass is 16.5. The Hall–Kier alpha value is -1.97. The molecule has 0 aliphatic heterocycles. The van der Waals surface area contributed by atoms with Gasteiger partial charge in [-0.1, -0.05) is 78.6 Å². The van der Waals surface area contributed by atoms with Crippen molar-refractivity contribution >= 4 is 11.0 Å². The lowest BCUT2D eigenvalue weighted by Gasteiger charge is -2.23. The number of benzene rings is 1. The fourth-order valence-electron chi connectivity index (χ4n) is 4.86. The molecule has 4 heteroatoms. The van der Waals surface area contributed by atoms with Gasteiger partial charge in [0.1, 0.15) is 17.1 Å². The van der Waals surface area contributed by atoms with Crippen LogP contribution in [0.15, 0.2) is 21.3 Å². The minimum absolute atomic E-state index is 0.192. The van der Waals surface area contributed by atoms with Crippen molar-refractivity contribution in [2.75, 3.05) is 13.2 Å². The van der Waals surface area contributed by atoms with Gasteiger partial charge in [0.05, 0.1) is 18.6 Å². The fourth-order valence-corrected chi connectivity index (χ4v) is 4.86. The molecule has 0 spiro atoms. The molecule has 0 bridgehead atoms. The van der Waals surface area contributed by atoms with Gasteiger partial charge in [0.15, 0.2) is 0 Å². The second-order valence-corrected chi connectivity index (χ2v) is 9.87. The number of hydrogen-bond donors (Lipinski definition) is 0. The number of rotatable bonds is 15. The van der Waals surface area contributed by atoms with Crippen LogP contribution in [-0.2, 0) is 12.8 Å². The first-order valence-corrected chi connectivity index (χ1v) is 13.5. The van der Waals surface area contributed by atoms with Gasteiger partial charge in [-0.15, -0.1) is 0 Å². The largest absolute Gasteiger partial charge is 0.493 e. The lowest BCUT2D eigenvalue weighted by atomic mass is 9.84. The van der Waals surface area contributed by atoms with E-state index in [-0.39, 0.29) is 5.63 Å². The fraction of sp³-hybridized carbons (Fsp3) is 0.690. The maximum Gasteiger partial charge on any atom is 0.339 e. The second kappa shape index (κ2) is 13.7. The van der Waals surface area contributed by atoms with Crippen molar-refractivity contribution in [3.05, 3.63) is 33.7 Å². The van der Waals surface area contributed by atoms with E-state index in [2.05, 4.69) is 20.8 Å².